The number of hydrogen-bond donors (Lipinski definition) is 0. The van der Waals surface area contributed by atoms with Crippen molar-refractivity contribution in [3.05, 3.63) is 0 Å². The molecule has 2 bridgehead atoms. The molecule has 3 atom stereocenters. The SMILES string of the molecule is C[N+]1=CC23CCCCC2CC1O3. The molecule has 2 aliphatic heterocycles. The lowest BCUT2D eigenvalue weighted by molar-refractivity contribution is -0.565. The third-order valence-corrected chi connectivity index (χ3v) is 3.78. The van der Waals surface area contributed by atoms with Gasteiger partial charge in [-0.2, -0.15) is 0 Å². The van der Waals surface area contributed by atoms with Crippen LogP contribution in [-0.4, -0.2) is 29.7 Å². The van der Waals surface area contributed by atoms with Crippen molar-refractivity contribution in [2.45, 2.75) is 43.9 Å². The van der Waals surface area contributed by atoms with E-state index in [9.17, 15) is 0 Å². The second kappa shape index (κ2) is 2.11. The molecule has 0 radical (unpaired) electrons. The summed E-state index contributed by atoms with van der Waals surface area (Å²) in [4.78, 5) is 0. The predicted molar refractivity (Wildman–Crippen MR) is 46.4 cm³/mol. The van der Waals surface area contributed by atoms with Crippen molar-refractivity contribution < 1.29 is 9.31 Å². The first-order chi connectivity index (χ1) is 5.80. The van der Waals surface area contributed by atoms with E-state index in [1.165, 1.54) is 32.1 Å². The van der Waals surface area contributed by atoms with Gasteiger partial charge in [-0.05, 0) is 19.3 Å². The Hall–Kier alpha value is -0.370. The van der Waals surface area contributed by atoms with Crippen LogP contribution in [0, 0.1) is 5.92 Å². The van der Waals surface area contributed by atoms with Gasteiger partial charge in [-0.1, -0.05) is 6.42 Å². The van der Waals surface area contributed by atoms with Gasteiger partial charge < -0.3 is 4.74 Å². The smallest absolute Gasteiger partial charge is 0.258 e. The van der Waals surface area contributed by atoms with E-state index < -0.39 is 0 Å². The lowest BCUT2D eigenvalue weighted by atomic mass is 9.75. The third kappa shape index (κ3) is 0.717. The fraction of sp³-hybridized carbons (Fsp3) is 0.900. The van der Waals surface area contributed by atoms with Crippen molar-refractivity contribution in [2.24, 2.45) is 5.92 Å². The van der Waals surface area contributed by atoms with Crippen molar-refractivity contribution in [1.29, 1.82) is 0 Å². The van der Waals surface area contributed by atoms with Crippen LogP contribution in [0.5, 0.6) is 0 Å². The summed E-state index contributed by atoms with van der Waals surface area (Å²) in [5.41, 5.74) is 0.178. The Morgan fingerprint density at radius 2 is 2.42 bits per heavy atom. The van der Waals surface area contributed by atoms with Crippen LogP contribution in [0.3, 0.4) is 0 Å². The van der Waals surface area contributed by atoms with Gasteiger partial charge in [-0.15, -0.1) is 0 Å². The molecule has 0 aromatic rings. The summed E-state index contributed by atoms with van der Waals surface area (Å²) in [6.07, 6.45) is 9.44. The highest BCUT2D eigenvalue weighted by Gasteiger charge is 2.58. The van der Waals surface area contributed by atoms with Crippen LogP contribution in [-0.2, 0) is 4.74 Å². The van der Waals surface area contributed by atoms with Crippen molar-refractivity contribution in [2.75, 3.05) is 7.05 Å². The minimum absolute atomic E-state index is 0.178. The Balaban J connectivity index is 1.99. The first kappa shape index (κ1) is 7.07. The molecule has 1 spiro atoms. The summed E-state index contributed by atoms with van der Waals surface area (Å²) in [6.45, 7) is 0. The van der Waals surface area contributed by atoms with Crippen LogP contribution in [0.25, 0.3) is 0 Å². The van der Waals surface area contributed by atoms with Crippen LogP contribution in [0.1, 0.15) is 32.1 Å². The Labute approximate surface area is 73.2 Å². The van der Waals surface area contributed by atoms with E-state index >= 15 is 0 Å². The van der Waals surface area contributed by atoms with E-state index in [1.807, 2.05) is 0 Å². The monoisotopic (exact) mass is 166 g/mol. The number of hydrogen-bond acceptors (Lipinski definition) is 1. The molecule has 2 heteroatoms. The number of ether oxygens (including phenoxy) is 1. The van der Waals surface area contributed by atoms with Gasteiger partial charge in [0.2, 0.25) is 0 Å². The van der Waals surface area contributed by atoms with Gasteiger partial charge in [0, 0.05) is 12.3 Å². The van der Waals surface area contributed by atoms with Gasteiger partial charge in [0.1, 0.15) is 7.05 Å². The van der Waals surface area contributed by atoms with E-state index in [2.05, 4.69) is 17.8 Å². The van der Waals surface area contributed by atoms with Crippen LogP contribution in [0.2, 0.25) is 0 Å². The molecule has 1 aliphatic carbocycles. The Kier molecular flexibility index (Phi) is 1.24. The molecule has 0 amide bonds. The third-order valence-electron chi connectivity index (χ3n) is 3.78. The standard InChI is InChI=1S/C10H16NO/c1-11-7-10-5-3-2-4-8(10)6-9(11)12-10/h7-9H,2-6H2,1H3/q+1. The second-order valence-corrected chi connectivity index (χ2v) is 4.50. The summed E-state index contributed by atoms with van der Waals surface area (Å²) in [5, 5.41) is 0. The highest BCUT2D eigenvalue weighted by molar-refractivity contribution is 5.67. The maximum absolute atomic E-state index is 6.05. The zero-order valence-corrected chi connectivity index (χ0v) is 7.62. The minimum atomic E-state index is 0.178. The molecular weight excluding hydrogens is 150 g/mol. The van der Waals surface area contributed by atoms with E-state index in [4.69, 9.17) is 4.74 Å². The largest absolute Gasteiger partial charge is 0.304 e. The maximum Gasteiger partial charge on any atom is 0.258 e. The highest BCUT2D eigenvalue weighted by atomic mass is 16.5. The maximum atomic E-state index is 6.05. The Bertz CT molecular complexity index is 248. The number of rotatable bonds is 0. The van der Waals surface area contributed by atoms with Gasteiger partial charge in [-0.3, -0.25) is 0 Å². The van der Waals surface area contributed by atoms with Crippen LogP contribution < -0.4 is 0 Å². The van der Waals surface area contributed by atoms with Crippen molar-refractivity contribution in [1.82, 2.24) is 0 Å². The molecule has 2 fully saturated rings. The fourth-order valence-corrected chi connectivity index (χ4v) is 3.14. The molecule has 1 saturated heterocycles. The lowest BCUT2D eigenvalue weighted by Gasteiger charge is -2.30. The molecule has 66 valence electrons. The summed E-state index contributed by atoms with van der Waals surface area (Å²) < 4.78 is 8.31. The van der Waals surface area contributed by atoms with Crippen LogP contribution >= 0.6 is 0 Å². The van der Waals surface area contributed by atoms with Gasteiger partial charge in [0.05, 0.1) is 0 Å². The van der Waals surface area contributed by atoms with E-state index in [1.54, 1.807) is 0 Å². The average molecular weight is 166 g/mol. The first-order valence-corrected chi connectivity index (χ1v) is 5.06. The summed E-state index contributed by atoms with van der Waals surface area (Å²) >= 11 is 0. The minimum Gasteiger partial charge on any atom is -0.304 e. The Morgan fingerprint density at radius 1 is 1.50 bits per heavy atom. The molecule has 0 N–H and O–H groups in total. The number of nitrogens with zero attached hydrogens (tertiary/aromatic N) is 1. The predicted octanol–water partition coefficient (Wildman–Crippen LogP) is 1.39. The molecule has 1 saturated carbocycles. The van der Waals surface area contributed by atoms with E-state index in [-0.39, 0.29) is 5.60 Å². The molecule has 3 unspecified atom stereocenters. The van der Waals surface area contributed by atoms with Gasteiger partial charge in [0.25, 0.3) is 6.23 Å². The summed E-state index contributed by atoms with van der Waals surface area (Å²) in [5.74, 6) is 0.840. The normalized spacial score (nSPS) is 50.6. The topological polar surface area (TPSA) is 12.2 Å². The molecule has 0 aromatic carbocycles. The molecule has 12 heavy (non-hydrogen) atoms. The fourth-order valence-electron chi connectivity index (χ4n) is 3.14. The van der Waals surface area contributed by atoms with Crippen molar-refractivity contribution in [3.63, 3.8) is 0 Å². The summed E-state index contributed by atoms with van der Waals surface area (Å²) in [7, 11) is 2.14. The average Bonchev–Trinajstić information content (AvgIpc) is 2.55. The molecule has 0 aromatic heterocycles. The zero-order valence-electron chi connectivity index (χ0n) is 7.62. The molecule has 3 rings (SSSR count). The van der Waals surface area contributed by atoms with Gasteiger partial charge >= 0.3 is 0 Å². The van der Waals surface area contributed by atoms with Gasteiger partial charge in [0.15, 0.2) is 11.8 Å². The molecule has 3 aliphatic rings. The van der Waals surface area contributed by atoms with Crippen LogP contribution in [0.4, 0.5) is 0 Å². The lowest BCUT2D eigenvalue weighted by Crippen LogP contribution is -2.40. The zero-order chi connectivity index (χ0) is 8.18. The van der Waals surface area contributed by atoms with Crippen molar-refractivity contribution >= 4 is 6.21 Å². The molecule has 2 nitrogen and oxygen atoms in total. The summed E-state index contributed by atoms with van der Waals surface area (Å²) in [6, 6.07) is 0. The van der Waals surface area contributed by atoms with E-state index in [0.717, 1.165) is 5.92 Å². The quantitative estimate of drug-likeness (QED) is 0.495. The number of fused-ring (bicyclic) bond motifs is 1. The van der Waals surface area contributed by atoms with Crippen LogP contribution in [0.15, 0.2) is 0 Å². The van der Waals surface area contributed by atoms with Crippen molar-refractivity contribution in [3.8, 4) is 0 Å². The Morgan fingerprint density at radius 3 is 3.25 bits per heavy atom. The van der Waals surface area contributed by atoms with E-state index in [0.29, 0.717) is 6.23 Å². The molecular formula is C10H16NO+. The van der Waals surface area contributed by atoms with Gasteiger partial charge in [-0.25, -0.2) is 4.58 Å². The second-order valence-electron chi connectivity index (χ2n) is 4.50. The first-order valence-electron chi connectivity index (χ1n) is 5.06. The highest BCUT2D eigenvalue weighted by Crippen LogP contribution is 2.47. The molecule has 2 heterocycles.